The molecule has 1 aromatic rings. The second-order valence-corrected chi connectivity index (χ2v) is 4.36. The zero-order chi connectivity index (χ0) is 6.81. The Labute approximate surface area is 63.3 Å². The monoisotopic (exact) mass is 170 g/mol. The van der Waals surface area contributed by atoms with Crippen LogP contribution in [-0.2, 0) is 6.54 Å². The lowest BCUT2D eigenvalue weighted by Crippen LogP contribution is -2.26. The molecule has 1 aliphatic rings. The van der Waals surface area contributed by atoms with Crippen LogP contribution in [0.2, 0.25) is 0 Å². The van der Waals surface area contributed by atoms with Crippen LogP contribution < -0.4 is 10.6 Å². The van der Waals surface area contributed by atoms with E-state index in [1.807, 2.05) is 0 Å². The third kappa shape index (κ3) is 1.15. The van der Waals surface area contributed by atoms with Crippen LogP contribution in [0.1, 0.15) is 5.56 Å². The van der Waals surface area contributed by atoms with Crippen LogP contribution in [0.3, 0.4) is 0 Å². The molecule has 0 atom stereocenters. The van der Waals surface area contributed by atoms with Gasteiger partial charge in [-0.3, -0.25) is 5.32 Å². The van der Waals surface area contributed by atoms with Crippen molar-refractivity contribution >= 4 is 21.8 Å². The molecule has 1 aliphatic heterocycles. The zero-order valence-corrected chi connectivity index (χ0v) is 7.25. The van der Waals surface area contributed by atoms with Gasteiger partial charge in [0.05, 0.1) is 12.1 Å². The predicted molar refractivity (Wildman–Crippen MR) is 46.8 cm³/mol. The molecular formula is C6H8N2P2. The van der Waals surface area contributed by atoms with Crippen molar-refractivity contribution in [3.63, 3.8) is 0 Å². The first kappa shape index (κ1) is 6.54. The van der Waals surface area contributed by atoms with E-state index < -0.39 is 0 Å². The van der Waals surface area contributed by atoms with Crippen molar-refractivity contribution in [3.8, 4) is 0 Å². The topological polar surface area (TPSA) is 24.1 Å². The first-order valence-corrected chi connectivity index (χ1v) is 5.20. The summed E-state index contributed by atoms with van der Waals surface area (Å²) in [5, 5.41) is 6.57. The maximum Gasteiger partial charge on any atom is 0.0678 e. The lowest BCUT2D eigenvalue weighted by Gasteiger charge is -2.17. The molecule has 0 radical (unpaired) electrons. The standard InChI is InChI=1S/C6H8N2P2/c1-5-2-9-4-10-6(5)8-3-7-1/h2,4,7-8H,1,3H2. The van der Waals surface area contributed by atoms with E-state index in [1.165, 1.54) is 27.4 Å². The summed E-state index contributed by atoms with van der Waals surface area (Å²) in [6.07, 6.45) is 0. The molecule has 0 bridgehead atoms. The van der Waals surface area contributed by atoms with Crippen LogP contribution in [0.4, 0.5) is 5.42 Å². The van der Waals surface area contributed by atoms with E-state index in [-0.39, 0.29) is 0 Å². The van der Waals surface area contributed by atoms with Crippen molar-refractivity contribution < 1.29 is 0 Å². The lowest BCUT2D eigenvalue weighted by molar-refractivity contribution is 0.715. The third-order valence-electron chi connectivity index (χ3n) is 1.48. The highest BCUT2D eigenvalue weighted by Gasteiger charge is 2.04. The molecule has 4 heteroatoms. The van der Waals surface area contributed by atoms with E-state index in [2.05, 4.69) is 22.0 Å². The Balaban J connectivity index is 2.41. The Morgan fingerprint density at radius 2 is 2.50 bits per heavy atom. The molecule has 0 saturated carbocycles. The smallest absolute Gasteiger partial charge is 0.0678 e. The fourth-order valence-corrected chi connectivity index (χ4v) is 2.97. The minimum Gasteiger partial charge on any atom is -0.369 e. The molecule has 0 amide bonds. The summed E-state index contributed by atoms with van der Waals surface area (Å²) in [5.41, 5.74) is 5.08. The Bertz CT molecular complexity index is 214. The highest BCUT2D eigenvalue weighted by Crippen LogP contribution is 2.30. The van der Waals surface area contributed by atoms with Gasteiger partial charge in [-0.05, 0) is 25.1 Å². The number of nitrogens with one attached hydrogen (secondary N) is 2. The molecule has 0 fully saturated rings. The number of anilines is 1. The molecule has 1 aromatic heterocycles. The maximum atomic E-state index is 3.31. The summed E-state index contributed by atoms with van der Waals surface area (Å²) in [6, 6.07) is 0. The van der Waals surface area contributed by atoms with Gasteiger partial charge in [-0.1, -0.05) is 8.19 Å². The predicted octanol–water partition coefficient (Wildman–Crippen LogP) is 2.32. The summed E-state index contributed by atoms with van der Waals surface area (Å²) < 4.78 is 0. The third-order valence-corrected chi connectivity index (χ3v) is 3.64. The molecule has 2 nitrogen and oxygen atoms in total. The average Bonchev–Trinajstić information content (AvgIpc) is 2.05. The summed E-state index contributed by atoms with van der Waals surface area (Å²) >= 11 is 0. The van der Waals surface area contributed by atoms with Crippen molar-refractivity contribution in [1.82, 2.24) is 5.32 Å². The molecule has 2 rings (SSSR count). The van der Waals surface area contributed by atoms with Crippen LogP contribution in [0.25, 0.3) is 0 Å². The second-order valence-electron chi connectivity index (χ2n) is 2.18. The van der Waals surface area contributed by atoms with Crippen molar-refractivity contribution in [1.29, 1.82) is 0 Å². The molecule has 0 saturated heterocycles. The van der Waals surface area contributed by atoms with E-state index in [0.717, 1.165) is 13.2 Å². The fraction of sp³-hybridized carbons (Fsp3) is 0.333. The van der Waals surface area contributed by atoms with Crippen molar-refractivity contribution in [2.24, 2.45) is 0 Å². The minimum absolute atomic E-state index is 0.921. The van der Waals surface area contributed by atoms with Crippen molar-refractivity contribution in [3.05, 3.63) is 16.9 Å². The molecule has 2 heterocycles. The number of fused-ring (bicyclic) bond motifs is 1. The van der Waals surface area contributed by atoms with Crippen LogP contribution in [0.5, 0.6) is 0 Å². The van der Waals surface area contributed by atoms with Crippen LogP contribution in [-0.4, -0.2) is 6.67 Å². The largest absolute Gasteiger partial charge is 0.369 e. The molecule has 0 unspecified atom stereocenters. The van der Waals surface area contributed by atoms with E-state index in [0.29, 0.717) is 0 Å². The molecular weight excluding hydrogens is 162 g/mol. The Kier molecular flexibility index (Phi) is 1.86. The summed E-state index contributed by atoms with van der Waals surface area (Å²) in [5.74, 6) is 2.25. The van der Waals surface area contributed by atoms with Crippen LogP contribution in [0, 0.1) is 0 Å². The van der Waals surface area contributed by atoms with Gasteiger partial charge in [0.25, 0.3) is 0 Å². The Hall–Kier alpha value is -0.160. The molecule has 0 aromatic carbocycles. The van der Waals surface area contributed by atoms with Gasteiger partial charge in [-0.2, -0.15) is 0 Å². The lowest BCUT2D eigenvalue weighted by atomic mass is 10.3. The van der Waals surface area contributed by atoms with Gasteiger partial charge in [0, 0.05) is 6.54 Å². The zero-order valence-electron chi connectivity index (χ0n) is 5.46. The normalized spacial score (nSPS) is 17.2. The van der Waals surface area contributed by atoms with Gasteiger partial charge in [0.15, 0.2) is 0 Å². The van der Waals surface area contributed by atoms with E-state index in [9.17, 15) is 0 Å². The molecule has 0 aliphatic carbocycles. The average molecular weight is 170 g/mol. The number of hydrogen-bond donors (Lipinski definition) is 2. The first-order chi connectivity index (χ1) is 4.97. The highest BCUT2D eigenvalue weighted by molar-refractivity contribution is 7.46. The minimum atomic E-state index is 0.921. The molecule has 0 spiro atoms. The summed E-state index contributed by atoms with van der Waals surface area (Å²) in [4.78, 5) is 0. The van der Waals surface area contributed by atoms with Crippen molar-refractivity contribution in [2.75, 3.05) is 12.0 Å². The molecule has 2 N–H and O–H groups in total. The van der Waals surface area contributed by atoms with E-state index in [4.69, 9.17) is 0 Å². The van der Waals surface area contributed by atoms with Gasteiger partial charge in [-0.15, -0.1) is 0 Å². The van der Waals surface area contributed by atoms with Crippen LogP contribution >= 0.6 is 16.4 Å². The van der Waals surface area contributed by atoms with Crippen molar-refractivity contribution in [2.45, 2.75) is 6.54 Å². The van der Waals surface area contributed by atoms with Gasteiger partial charge in [-0.25, -0.2) is 0 Å². The number of rotatable bonds is 0. The SMILES string of the molecule is c1pcc2c(p1)NCNC2. The quantitative estimate of drug-likeness (QED) is 0.624. The summed E-state index contributed by atoms with van der Waals surface area (Å²) in [6.45, 7) is 1.96. The number of hydrogen-bond acceptors (Lipinski definition) is 2. The first-order valence-electron chi connectivity index (χ1n) is 3.20. The molecule has 52 valence electrons. The van der Waals surface area contributed by atoms with Gasteiger partial charge in [0.1, 0.15) is 0 Å². The fourth-order valence-electron chi connectivity index (χ4n) is 0.990. The molecule has 10 heavy (non-hydrogen) atoms. The van der Waals surface area contributed by atoms with E-state index in [1.54, 1.807) is 0 Å². The van der Waals surface area contributed by atoms with Gasteiger partial charge in [0.2, 0.25) is 0 Å². The second kappa shape index (κ2) is 2.84. The van der Waals surface area contributed by atoms with E-state index >= 15 is 0 Å². The summed E-state index contributed by atoms with van der Waals surface area (Å²) in [7, 11) is 2.70. The maximum absolute atomic E-state index is 3.31. The Morgan fingerprint density at radius 1 is 1.50 bits per heavy atom. The highest BCUT2D eigenvalue weighted by atomic mass is 31.1. The van der Waals surface area contributed by atoms with Gasteiger partial charge >= 0.3 is 0 Å². The Morgan fingerprint density at radius 3 is 3.40 bits per heavy atom. The van der Waals surface area contributed by atoms with Gasteiger partial charge < -0.3 is 5.32 Å². The van der Waals surface area contributed by atoms with Crippen LogP contribution in [0.15, 0.2) is 11.3 Å².